The molecule has 0 saturated heterocycles. The number of hydrogen-bond donors (Lipinski definition) is 2. The second kappa shape index (κ2) is 5.94. The average molecular weight is 276 g/mol. The standard InChI is InChI=1S/C16H24N2O2/c1-4-20-13-10-12(16(13,2)3)18-14(15(17)19)11-8-6-5-7-9-11/h5-9,12-14,18H,4,10H2,1-3H3,(H2,17,19)/t12-,13+,14+/m1/s1. The van der Waals surface area contributed by atoms with Crippen LogP contribution in [0.4, 0.5) is 0 Å². The van der Waals surface area contributed by atoms with Gasteiger partial charge in [0.2, 0.25) is 5.91 Å². The van der Waals surface area contributed by atoms with Crippen LogP contribution in [0.3, 0.4) is 0 Å². The first kappa shape index (κ1) is 15.0. The van der Waals surface area contributed by atoms with Crippen LogP contribution in [-0.2, 0) is 9.53 Å². The second-order valence-corrected chi connectivity index (χ2v) is 5.97. The Hall–Kier alpha value is -1.39. The molecule has 1 fully saturated rings. The van der Waals surface area contributed by atoms with Crippen LogP contribution in [0.15, 0.2) is 30.3 Å². The van der Waals surface area contributed by atoms with Crippen LogP contribution in [0.5, 0.6) is 0 Å². The third kappa shape index (κ3) is 2.86. The molecule has 0 radical (unpaired) electrons. The molecule has 4 nitrogen and oxygen atoms in total. The van der Waals surface area contributed by atoms with Gasteiger partial charge in [0.1, 0.15) is 6.04 Å². The van der Waals surface area contributed by atoms with Crippen molar-refractivity contribution in [2.75, 3.05) is 6.61 Å². The van der Waals surface area contributed by atoms with E-state index in [-0.39, 0.29) is 23.5 Å². The van der Waals surface area contributed by atoms with Gasteiger partial charge in [0.05, 0.1) is 6.10 Å². The predicted octanol–water partition coefficient (Wildman–Crippen LogP) is 2.01. The Morgan fingerprint density at radius 2 is 2.10 bits per heavy atom. The summed E-state index contributed by atoms with van der Waals surface area (Å²) in [5.41, 5.74) is 6.47. The molecule has 0 heterocycles. The Labute approximate surface area is 120 Å². The Kier molecular flexibility index (Phi) is 4.45. The van der Waals surface area contributed by atoms with Crippen molar-refractivity contribution in [2.45, 2.75) is 45.4 Å². The molecule has 0 spiro atoms. The minimum Gasteiger partial charge on any atom is -0.378 e. The highest BCUT2D eigenvalue weighted by Crippen LogP contribution is 2.43. The van der Waals surface area contributed by atoms with E-state index in [1.54, 1.807) is 0 Å². The molecule has 1 saturated carbocycles. The molecule has 0 aromatic heterocycles. The van der Waals surface area contributed by atoms with Crippen LogP contribution in [0.1, 0.15) is 38.8 Å². The predicted molar refractivity (Wildman–Crippen MR) is 79.1 cm³/mol. The SMILES string of the molecule is CCO[C@H]1C[C@@H](N[C@H](C(N)=O)c2ccccc2)C1(C)C. The van der Waals surface area contributed by atoms with Gasteiger partial charge >= 0.3 is 0 Å². The quantitative estimate of drug-likeness (QED) is 0.835. The number of nitrogens with one attached hydrogen (secondary N) is 1. The van der Waals surface area contributed by atoms with Crippen LogP contribution in [0, 0.1) is 5.41 Å². The summed E-state index contributed by atoms with van der Waals surface area (Å²) in [5.74, 6) is -0.341. The molecular formula is C16H24N2O2. The van der Waals surface area contributed by atoms with Crippen LogP contribution < -0.4 is 11.1 Å². The molecule has 4 heteroatoms. The van der Waals surface area contributed by atoms with Crippen molar-refractivity contribution in [1.29, 1.82) is 0 Å². The number of carbonyl (C=O) groups excluding carboxylic acids is 1. The molecule has 3 atom stereocenters. The van der Waals surface area contributed by atoms with Crippen molar-refractivity contribution < 1.29 is 9.53 Å². The molecule has 2 rings (SSSR count). The number of amides is 1. The lowest BCUT2D eigenvalue weighted by atomic mass is 9.64. The van der Waals surface area contributed by atoms with Gasteiger partial charge in [-0.15, -0.1) is 0 Å². The van der Waals surface area contributed by atoms with E-state index in [2.05, 4.69) is 19.2 Å². The number of nitrogens with two attached hydrogens (primary N) is 1. The largest absolute Gasteiger partial charge is 0.378 e. The van der Waals surface area contributed by atoms with Crippen molar-refractivity contribution in [1.82, 2.24) is 5.32 Å². The monoisotopic (exact) mass is 276 g/mol. The lowest BCUT2D eigenvalue weighted by Crippen LogP contribution is -2.62. The van der Waals surface area contributed by atoms with Crippen molar-refractivity contribution >= 4 is 5.91 Å². The number of carbonyl (C=O) groups is 1. The summed E-state index contributed by atoms with van der Waals surface area (Å²) in [5, 5.41) is 3.39. The zero-order valence-corrected chi connectivity index (χ0v) is 12.4. The van der Waals surface area contributed by atoms with E-state index in [0.717, 1.165) is 18.6 Å². The van der Waals surface area contributed by atoms with Crippen molar-refractivity contribution in [3.05, 3.63) is 35.9 Å². The number of primary amides is 1. The molecule has 0 unspecified atom stereocenters. The highest BCUT2D eigenvalue weighted by atomic mass is 16.5. The number of rotatable bonds is 6. The van der Waals surface area contributed by atoms with Gasteiger partial charge in [0.25, 0.3) is 0 Å². The zero-order valence-electron chi connectivity index (χ0n) is 12.4. The van der Waals surface area contributed by atoms with E-state index in [0.29, 0.717) is 0 Å². The fourth-order valence-electron chi connectivity index (χ4n) is 2.84. The molecule has 0 bridgehead atoms. The Morgan fingerprint density at radius 1 is 1.45 bits per heavy atom. The molecule has 1 aliphatic rings. The van der Waals surface area contributed by atoms with Gasteiger partial charge in [-0.25, -0.2) is 0 Å². The molecule has 0 aliphatic heterocycles. The first-order valence-electron chi connectivity index (χ1n) is 7.18. The van der Waals surface area contributed by atoms with Gasteiger partial charge in [0, 0.05) is 18.1 Å². The summed E-state index contributed by atoms with van der Waals surface area (Å²) >= 11 is 0. The maximum atomic E-state index is 11.7. The maximum Gasteiger partial charge on any atom is 0.239 e. The van der Waals surface area contributed by atoms with Gasteiger partial charge in [0.15, 0.2) is 0 Å². The van der Waals surface area contributed by atoms with Crippen molar-refractivity contribution in [3.8, 4) is 0 Å². The first-order valence-corrected chi connectivity index (χ1v) is 7.18. The smallest absolute Gasteiger partial charge is 0.239 e. The van der Waals surface area contributed by atoms with E-state index < -0.39 is 6.04 Å². The van der Waals surface area contributed by atoms with Gasteiger partial charge < -0.3 is 10.5 Å². The molecule has 110 valence electrons. The first-order chi connectivity index (χ1) is 9.46. The fourth-order valence-corrected chi connectivity index (χ4v) is 2.84. The van der Waals surface area contributed by atoms with Crippen LogP contribution in [0.25, 0.3) is 0 Å². The highest BCUT2D eigenvalue weighted by molar-refractivity contribution is 5.81. The van der Waals surface area contributed by atoms with E-state index in [1.165, 1.54) is 0 Å². The molecule has 1 aromatic carbocycles. The van der Waals surface area contributed by atoms with Crippen LogP contribution in [0.2, 0.25) is 0 Å². The highest BCUT2D eigenvalue weighted by Gasteiger charge is 2.49. The van der Waals surface area contributed by atoms with Gasteiger partial charge in [-0.05, 0) is 18.9 Å². The van der Waals surface area contributed by atoms with Crippen LogP contribution >= 0.6 is 0 Å². The Bertz CT molecular complexity index is 459. The van der Waals surface area contributed by atoms with E-state index in [1.807, 2.05) is 37.3 Å². The lowest BCUT2D eigenvalue weighted by molar-refractivity contribution is -0.129. The summed E-state index contributed by atoms with van der Waals surface area (Å²) in [6, 6.07) is 9.41. The van der Waals surface area contributed by atoms with Crippen LogP contribution in [-0.4, -0.2) is 24.7 Å². The topological polar surface area (TPSA) is 64.3 Å². The third-order valence-electron chi connectivity index (χ3n) is 4.33. The lowest BCUT2D eigenvalue weighted by Gasteiger charge is -2.52. The third-order valence-corrected chi connectivity index (χ3v) is 4.33. The summed E-state index contributed by atoms with van der Waals surface area (Å²) in [4.78, 5) is 11.7. The van der Waals surface area contributed by atoms with Gasteiger partial charge in [-0.2, -0.15) is 0 Å². The molecule has 1 amide bonds. The van der Waals surface area contributed by atoms with Gasteiger partial charge in [-0.3, -0.25) is 10.1 Å². The molecule has 20 heavy (non-hydrogen) atoms. The number of benzene rings is 1. The fraction of sp³-hybridized carbons (Fsp3) is 0.562. The Balaban J connectivity index is 2.06. The molecule has 1 aromatic rings. The number of hydrogen-bond acceptors (Lipinski definition) is 3. The van der Waals surface area contributed by atoms with Crippen molar-refractivity contribution in [2.24, 2.45) is 11.1 Å². The maximum absolute atomic E-state index is 11.7. The molecular weight excluding hydrogens is 252 g/mol. The second-order valence-electron chi connectivity index (χ2n) is 5.97. The summed E-state index contributed by atoms with van der Waals surface area (Å²) in [7, 11) is 0. The Morgan fingerprint density at radius 3 is 2.60 bits per heavy atom. The van der Waals surface area contributed by atoms with E-state index >= 15 is 0 Å². The number of ether oxygens (including phenoxy) is 1. The average Bonchev–Trinajstić information content (AvgIpc) is 2.42. The summed E-state index contributed by atoms with van der Waals surface area (Å²) < 4.78 is 5.71. The summed E-state index contributed by atoms with van der Waals surface area (Å²) in [6.45, 7) is 7.06. The van der Waals surface area contributed by atoms with Gasteiger partial charge in [-0.1, -0.05) is 44.2 Å². The van der Waals surface area contributed by atoms with Crippen molar-refractivity contribution in [3.63, 3.8) is 0 Å². The minimum absolute atomic E-state index is 0.0124. The normalized spacial score (nSPS) is 25.8. The zero-order chi connectivity index (χ0) is 14.8. The molecule has 3 N–H and O–H groups in total. The summed E-state index contributed by atoms with van der Waals surface area (Å²) in [6.07, 6.45) is 1.16. The van der Waals surface area contributed by atoms with E-state index in [9.17, 15) is 4.79 Å². The molecule has 1 aliphatic carbocycles. The minimum atomic E-state index is -0.442. The van der Waals surface area contributed by atoms with E-state index in [4.69, 9.17) is 10.5 Å².